The molecule has 1 spiro atoms. The highest BCUT2D eigenvalue weighted by atomic mass is 16.1. The van der Waals surface area contributed by atoms with Crippen LogP contribution in [0.5, 0.6) is 0 Å². The van der Waals surface area contributed by atoms with Gasteiger partial charge in [0.2, 0.25) is 0 Å². The summed E-state index contributed by atoms with van der Waals surface area (Å²) >= 11 is 0. The molecule has 1 aliphatic heterocycles. The van der Waals surface area contributed by atoms with E-state index in [1.165, 1.54) is 18.4 Å². The van der Waals surface area contributed by atoms with Gasteiger partial charge in [-0.1, -0.05) is 12.2 Å². The predicted molar refractivity (Wildman–Crippen MR) is 50.3 cm³/mol. The highest BCUT2D eigenvalue weighted by Gasteiger charge is 2.63. The maximum absolute atomic E-state index is 11.7. The molecule has 1 heterocycles. The molecule has 0 aromatic heterocycles. The van der Waals surface area contributed by atoms with Gasteiger partial charge in [-0.2, -0.15) is 0 Å². The fourth-order valence-corrected chi connectivity index (χ4v) is 3.69. The first-order valence-electron chi connectivity index (χ1n) is 5.22. The largest absolute Gasteiger partial charge is 0.310 e. The molecule has 0 unspecified atom stereocenters. The van der Waals surface area contributed by atoms with Crippen LogP contribution in [0.2, 0.25) is 0 Å². The maximum Gasteiger partial charge on any atom is 0.141 e. The van der Waals surface area contributed by atoms with Crippen LogP contribution >= 0.6 is 0 Å². The van der Waals surface area contributed by atoms with Crippen LogP contribution in [-0.4, -0.2) is 17.9 Å². The van der Waals surface area contributed by atoms with Gasteiger partial charge in [0.25, 0.3) is 0 Å². The Balaban J connectivity index is 2.00. The highest BCUT2D eigenvalue weighted by Crippen LogP contribution is 2.57. The van der Waals surface area contributed by atoms with E-state index in [0.29, 0.717) is 11.7 Å². The van der Waals surface area contributed by atoms with Crippen molar-refractivity contribution in [2.75, 3.05) is 6.54 Å². The summed E-state index contributed by atoms with van der Waals surface area (Å²) in [6.45, 7) is 5.15. The normalized spacial score (nSPS) is 48.3. The summed E-state index contributed by atoms with van der Waals surface area (Å²) in [7, 11) is 0. The molecule has 0 aromatic rings. The molecule has 1 N–H and O–H groups in total. The maximum atomic E-state index is 11.7. The second kappa shape index (κ2) is 2.24. The van der Waals surface area contributed by atoms with Gasteiger partial charge in [-0.15, -0.1) is 0 Å². The number of nitrogens with one attached hydrogen (secondary N) is 1. The number of rotatable bonds is 0. The van der Waals surface area contributed by atoms with Crippen molar-refractivity contribution >= 4 is 5.78 Å². The van der Waals surface area contributed by atoms with E-state index in [1.807, 2.05) is 0 Å². The lowest BCUT2D eigenvalue weighted by atomic mass is 9.51. The summed E-state index contributed by atoms with van der Waals surface area (Å²) in [5, 5.41) is 3.55. The van der Waals surface area contributed by atoms with Crippen molar-refractivity contribution in [1.82, 2.24) is 5.32 Å². The summed E-state index contributed by atoms with van der Waals surface area (Å²) in [4.78, 5) is 11.7. The average molecular weight is 177 g/mol. The van der Waals surface area contributed by atoms with E-state index in [4.69, 9.17) is 0 Å². The van der Waals surface area contributed by atoms with Crippen molar-refractivity contribution in [3.8, 4) is 0 Å². The van der Waals surface area contributed by atoms with Crippen LogP contribution in [0.3, 0.4) is 0 Å². The minimum Gasteiger partial charge on any atom is -0.310 e. The summed E-state index contributed by atoms with van der Waals surface area (Å²) in [6, 6.07) is 0. The number of carbonyl (C=O) groups is 1. The zero-order chi connectivity index (χ0) is 9.05. The fraction of sp³-hybridized carbons (Fsp3) is 0.727. The van der Waals surface area contributed by atoms with Crippen LogP contribution in [0.1, 0.15) is 25.7 Å². The molecule has 70 valence electrons. The minimum atomic E-state index is 0.173. The molecule has 1 saturated heterocycles. The van der Waals surface area contributed by atoms with Gasteiger partial charge < -0.3 is 5.32 Å². The Morgan fingerprint density at radius 1 is 1.54 bits per heavy atom. The summed E-state index contributed by atoms with van der Waals surface area (Å²) in [5.74, 6) is 1.22. The summed E-state index contributed by atoms with van der Waals surface area (Å²) < 4.78 is 0. The van der Waals surface area contributed by atoms with Gasteiger partial charge in [0, 0.05) is 17.9 Å². The lowest BCUT2D eigenvalue weighted by Crippen LogP contribution is -2.65. The average Bonchev–Trinajstić information content (AvgIpc) is 2.43. The van der Waals surface area contributed by atoms with Crippen LogP contribution in [-0.2, 0) is 4.79 Å². The molecule has 0 aromatic carbocycles. The van der Waals surface area contributed by atoms with Crippen molar-refractivity contribution < 1.29 is 4.79 Å². The van der Waals surface area contributed by atoms with Crippen molar-refractivity contribution in [2.24, 2.45) is 11.8 Å². The van der Waals surface area contributed by atoms with Crippen molar-refractivity contribution in [3.63, 3.8) is 0 Å². The van der Waals surface area contributed by atoms with Gasteiger partial charge in [-0.25, -0.2) is 0 Å². The first kappa shape index (κ1) is 7.74. The molecule has 0 bridgehead atoms. The number of hydrogen-bond acceptors (Lipinski definition) is 2. The Kier molecular flexibility index (Phi) is 1.33. The van der Waals surface area contributed by atoms with Crippen LogP contribution < -0.4 is 5.32 Å². The van der Waals surface area contributed by atoms with Crippen molar-refractivity contribution in [3.05, 3.63) is 12.2 Å². The van der Waals surface area contributed by atoms with Gasteiger partial charge >= 0.3 is 0 Å². The smallest absolute Gasteiger partial charge is 0.141 e. The monoisotopic (exact) mass is 177 g/mol. The topological polar surface area (TPSA) is 29.1 Å². The molecule has 2 saturated carbocycles. The Labute approximate surface area is 78.4 Å². The second-order valence-electron chi connectivity index (χ2n) is 4.64. The predicted octanol–water partition coefficient (Wildman–Crippen LogP) is 1.27. The molecule has 3 aliphatic rings. The molecule has 3 rings (SSSR count). The van der Waals surface area contributed by atoms with Crippen LogP contribution in [0.4, 0.5) is 0 Å². The zero-order valence-corrected chi connectivity index (χ0v) is 7.81. The first-order valence-corrected chi connectivity index (χ1v) is 5.22. The third kappa shape index (κ3) is 0.715. The number of ketones is 1. The molecule has 2 aliphatic carbocycles. The molecule has 3 atom stereocenters. The second-order valence-corrected chi connectivity index (χ2v) is 4.64. The summed E-state index contributed by atoms with van der Waals surface area (Å²) in [6.07, 6.45) is 4.24. The Morgan fingerprint density at radius 2 is 2.38 bits per heavy atom. The molecule has 0 radical (unpaired) electrons. The molecular formula is C11H15NO. The van der Waals surface area contributed by atoms with Crippen molar-refractivity contribution in [1.29, 1.82) is 0 Å². The Bertz CT molecular complexity index is 296. The molecule has 13 heavy (non-hydrogen) atoms. The number of hydrogen-bond donors (Lipinski definition) is 1. The van der Waals surface area contributed by atoms with Gasteiger partial charge in [-0.05, 0) is 25.8 Å². The van der Waals surface area contributed by atoms with E-state index in [2.05, 4.69) is 11.9 Å². The number of Topliss-reactive ketones (excluding diaryl/α,β-unsaturated/α-hetero) is 1. The Morgan fingerprint density at radius 3 is 3.23 bits per heavy atom. The van der Waals surface area contributed by atoms with Crippen LogP contribution in [0, 0.1) is 11.8 Å². The van der Waals surface area contributed by atoms with Crippen LogP contribution in [0.25, 0.3) is 0 Å². The van der Waals surface area contributed by atoms with E-state index < -0.39 is 0 Å². The molecule has 0 amide bonds. The number of carbonyl (C=O) groups excluding carboxylic acids is 1. The first-order chi connectivity index (χ1) is 6.26. The van der Waals surface area contributed by atoms with E-state index >= 15 is 0 Å². The Hall–Kier alpha value is -0.630. The van der Waals surface area contributed by atoms with E-state index in [0.717, 1.165) is 19.4 Å². The quantitative estimate of drug-likeness (QED) is 0.565. The van der Waals surface area contributed by atoms with Gasteiger partial charge in [-0.3, -0.25) is 4.79 Å². The van der Waals surface area contributed by atoms with E-state index in [-0.39, 0.29) is 11.5 Å². The standard InChI is InChI=1S/C11H15NO/c1-7-8-4-6-12-11(8)5-2-3-9(13)10(7)11/h8,10,12H,1-6H2/t8-,10+,11-/m0/s1. The highest BCUT2D eigenvalue weighted by molar-refractivity contribution is 5.88. The van der Waals surface area contributed by atoms with E-state index in [1.54, 1.807) is 0 Å². The third-order valence-corrected chi connectivity index (χ3v) is 4.18. The SMILES string of the molecule is C=C1[C@@H]2C(=O)CCC[C@@]23NCC[C@@H]13. The van der Waals surface area contributed by atoms with E-state index in [9.17, 15) is 4.79 Å². The lowest BCUT2D eigenvalue weighted by molar-refractivity contribution is -0.131. The molecule has 2 heteroatoms. The minimum absolute atomic E-state index is 0.173. The molecular weight excluding hydrogens is 162 g/mol. The van der Waals surface area contributed by atoms with Crippen LogP contribution in [0.15, 0.2) is 12.2 Å². The molecule has 2 nitrogen and oxygen atoms in total. The zero-order valence-electron chi connectivity index (χ0n) is 7.81. The lowest BCUT2D eigenvalue weighted by Gasteiger charge is -2.56. The van der Waals surface area contributed by atoms with Gasteiger partial charge in [0.1, 0.15) is 5.78 Å². The van der Waals surface area contributed by atoms with Gasteiger partial charge in [0.15, 0.2) is 0 Å². The fourth-order valence-electron chi connectivity index (χ4n) is 3.69. The van der Waals surface area contributed by atoms with Crippen molar-refractivity contribution in [2.45, 2.75) is 31.2 Å². The third-order valence-electron chi connectivity index (χ3n) is 4.18. The molecule has 3 fully saturated rings. The summed E-state index contributed by atoms with van der Waals surface area (Å²) in [5.41, 5.74) is 1.39. The van der Waals surface area contributed by atoms with Gasteiger partial charge in [0.05, 0.1) is 5.92 Å².